The molecule has 1 heterocycles. The molecular formula is C24H24N6O4S. The van der Waals surface area contributed by atoms with Crippen molar-refractivity contribution in [2.24, 2.45) is 0 Å². The lowest BCUT2D eigenvalue weighted by molar-refractivity contribution is -0.384. The molecule has 35 heavy (non-hydrogen) atoms. The van der Waals surface area contributed by atoms with E-state index in [1.54, 1.807) is 48.3 Å². The van der Waals surface area contributed by atoms with E-state index in [0.29, 0.717) is 5.69 Å². The number of nitro groups is 1. The predicted molar refractivity (Wildman–Crippen MR) is 133 cm³/mol. The standard InChI is InChI=1S/C24H24N6O4S/c1-3-29(21-7-5-4-6-8-21)35(33,34)22-13-14-23(24(15-22)30(31)32)27-18(2)19-9-11-20(12-10-19)28-17-25-16-26-28/h4-18,27H,3H2,1-2H3. The fourth-order valence-corrected chi connectivity index (χ4v) is 5.23. The molecule has 3 aromatic carbocycles. The lowest BCUT2D eigenvalue weighted by atomic mass is 10.1. The van der Waals surface area contributed by atoms with Crippen LogP contribution in [0.2, 0.25) is 0 Å². The largest absolute Gasteiger partial charge is 0.373 e. The highest BCUT2D eigenvalue weighted by Crippen LogP contribution is 2.33. The summed E-state index contributed by atoms with van der Waals surface area (Å²) in [5.74, 6) is 0. The Morgan fingerprint density at radius 3 is 2.40 bits per heavy atom. The van der Waals surface area contributed by atoms with Crippen molar-refractivity contribution in [2.75, 3.05) is 16.2 Å². The number of para-hydroxylation sites is 1. The minimum Gasteiger partial charge on any atom is -0.373 e. The van der Waals surface area contributed by atoms with Gasteiger partial charge in [-0.05, 0) is 55.8 Å². The Hall–Kier alpha value is -4.25. The molecule has 1 unspecified atom stereocenters. The van der Waals surface area contributed by atoms with Gasteiger partial charge in [-0.15, -0.1) is 0 Å². The monoisotopic (exact) mass is 492 g/mol. The van der Waals surface area contributed by atoms with Crippen molar-refractivity contribution in [2.45, 2.75) is 24.8 Å². The van der Waals surface area contributed by atoms with E-state index in [-0.39, 0.29) is 28.9 Å². The Morgan fingerprint density at radius 2 is 1.80 bits per heavy atom. The van der Waals surface area contributed by atoms with E-state index >= 15 is 0 Å². The van der Waals surface area contributed by atoms with Crippen molar-refractivity contribution in [3.8, 4) is 5.69 Å². The van der Waals surface area contributed by atoms with E-state index in [1.807, 2.05) is 31.2 Å². The molecule has 4 rings (SSSR count). The summed E-state index contributed by atoms with van der Waals surface area (Å²) in [6.45, 7) is 3.76. The minimum absolute atomic E-state index is 0.148. The first-order chi connectivity index (χ1) is 16.8. The van der Waals surface area contributed by atoms with Crippen molar-refractivity contribution < 1.29 is 13.3 Å². The third-order valence-electron chi connectivity index (χ3n) is 5.53. The van der Waals surface area contributed by atoms with E-state index in [2.05, 4.69) is 15.4 Å². The maximum atomic E-state index is 13.3. The number of nitrogens with one attached hydrogen (secondary N) is 1. The molecule has 0 aliphatic carbocycles. The molecule has 0 bridgehead atoms. The van der Waals surface area contributed by atoms with Gasteiger partial charge in [-0.1, -0.05) is 30.3 Å². The molecule has 0 amide bonds. The first kappa shape index (κ1) is 23.9. The van der Waals surface area contributed by atoms with Crippen LogP contribution in [0, 0.1) is 10.1 Å². The van der Waals surface area contributed by atoms with Crippen LogP contribution in [0.25, 0.3) is 5.69 Å². The van der Waals surface area contributed by atoms with Gasteiger partial charge in [0.1, 0.15) is 18.3 Å². The Balaban J connectivity index is 1.60. The average Bonchev–Trinajstić information content (AvgIpc) is 3.40. The van der Waals surface area contributed by atoms with Crippen molar-refractivity contribution in [1.29, 1.82) is 0 Å². The minimum atomic E-state index is -4.00. The molecule has 0 spiro atoms. The zero-order chi connectivity index (χ0) is 25.0. The molecule has 0 aliphatic rings. The molecule has 4 aromatic rings. The second kappa shape index (κ2) is 9.94. The fourth-order valence-electron chi connectivity index (χ4n) is 3.73. The zero-order valence-electron chi connectivity index (χ0n) is 19.1. The number of sulfonamides is 1. The summed E-state index contributed by atoms with van der Waals surface area (Å²) in [4.78, 5) is 15.0. The number of rotatable bonds is 9. The Labute approximate surface area is 203 Å². The number of nitro benzene ring substituents is 1. The fraction of sp³-hybridized carbons (Fsp3) is 0.167. The molecule has 0 radical (unpaired) electrons. The average molecular weight is 493 g/mol. The normalized spacial score (nSPS) is 12.2. The van der Waals surface area contributed by atoms with Gasteiger partial charge in [-0.25, -0.2) is 18.1 Å². The molecule has 11 heteroatoms. The maximum absolute atomic E-state index is 13.3. The second-order valence-corrected chi connectivity index (χ2v) is 9.60. The van der Waals surface area contributed by atoms with Crippen LogP contribution in [0.15, 0.2) is 90.3 Å². The summed E-state index contributed by atoms with van der Waals surface area (Å²) < 4.78 is 29.4. The Kier molecular flexibility index (Phi) is 6.78. The molecule has 0 aliphatic heterocycles. The number of benzene rings is 3. The number of anilines is 2. The molecule has 1 atom stereocenters. The molecule has 1 aromatic heterocycles. The van der Waals surface area contributed by atoms with Crippen molar-refractivity contribution in [3.63, 3.8) is 0 Å². The molecule has 180 valence electrons. The number of aromatic nitrogens is 3. The summed E-state index contributed by atoms with van der Waals surface area (Å²) in [5, 5.41) is 19.1. The topological polar surface area (TPSA) is 123 Å². The second-order valence-electron chi connectivity index (χ2n) is 7.74. The van der Waals surface area contributed by atoms with Crippen LogP contribution in [-0.2, 0) is 10.0 Å². The van der Waals surface area contributed by atoms with Gasteiger partial charge < -0.3 is 5.32 Å². The number of nitrogens with zero attached hydrogens (tertiary/aromatic N) is 5. The van der Waals surface area contributed by atoms with Gasteiger partial charge in [0.05, 0.1) is 21.2 Å². The van der Waals surface area contributed by atoms with E-state index in [1.165, 1.54) is 22.8 Å². The molecular weight excluding hydrogens is 468 g/mol. The summed E-state index contributed by atoms with van der Waals surface area (Å²) in [7, 11) is -4.00. The van der Waals surface area contributed by atoms with Gasteiger partial charge in [-0.2, -0.15) is 5.10 Å². The van der Waals surface area contributed by atoms with E-state index in [0.717, 1.165) is 17.3 Å². The van der Waals surface area contributed by atoms with E-state index in [4.69, 9.17) is 0 Å². The van der Waals surface area contributed by atoms with Gasteiger partial charge in [0.2, 0.25) is 0 Å². The molecule has 0 saturated carbocycles. The van der Waals surface area contributed by atoms with Crippen LogP contribution >= 0.6 is 0 Å². The SMILES string of the molecule is CCN(c1ccccc1)S(=O)(=O)c1ccc(NC(C)c2ccc(-n3cncn3)cc2)c([N+](=O)[O-])c1. The highest BCUT2D eigenvalue weighted by atomic mass is 32.2. The van der Waals surface area contributed by atoms with Gasteiger partial charge in [0.25, 0.3) is 15.7 Å². The molecule has 1 N–H and O–H groups in total. The van der Waals surface area contributed by atoms with Gasteiger partial charge in [0.15, 0.2) is 0 Å². The summed E-state index contributed by atoms with van der Waals surface area (Å²) in [5.41, 5.74) is 2.12. The van der Waals surface area contributed by atoms with Crippen LogP contribution in [0.4, 0.5) is 17.1 Å². The summed E-state index contributed by atoms with van der Waals surface area (Å²) in [6, 6.07) is 19.8. The van der Waals surface area contributed by atoms with Crippen LogP contribution < -0.4 is 9.62 Å². The smallest absolute Gasteiger partial charge is 0.293 e. The maximum Gasteiger partial charge on any atom is 0.293 e. The van der Waals surface area contributed by atoms with E-state index in [9.17, 15) is 18.5 Å². The van der Waals surface area contributed by atoms with Crippen molar-refractivity contribution in [3.05, 3.63) is 101 Å². The third kappa shape index (κ3) is 4.99. The van der Waals surface area contributed by atoms with Crippen molar-refractivity contribution >= 4 is 27.1 Å². The molecule has 0 saturated heterocycles. The summed E-state index contributed by atoms with van der Waals surface area (Å²) >= 11 is 0. The van der Waals surface area contributed by atoms with Crippen LogP contribution in [0.5, 0.6) is 0 Å². The van der Waals surface area contributed by atoms with Crippen LogP contribution in [0.1, 0.15) is 25.5 Å². The van der Waals surface area contributed by atoms with Gasteiger partial charge >= 0.3 is 0 Å². The van der Waals surface area contributed by atoms with Gasteiger partial charge in [-0.3, -0.25) is 14.4 Å². The quantitative estimate of drug-likeness (QED) is 0.268. The molecule has 0 fully saturated rings. The number of hydrogen-bond donors (Lipinski definition) is 1. The lowest BCUT2D eigenvalue weighted by Crippen LogP contribution is -2.30. The van der Waals surface area contributed by atoms with Crippen molar-refractivity contribution in [1.82, 2.24) is 14.8 Å². The first-order valence-corrected chi connectivity index (χ1v) is 12.3. The highest BCUT2D eigenvalue weighted by molar-refractivity contribution is 7.92. The van der Waals surface area contributed by atoms with Gasteiger partial charge in [0, 0.05) is 18.7 Å². The van der Waals surface area contributed by atoms with E-state index < -0.39 is 14.9 Å². The summed E-state index contributed by atoms with van der Waals surface area (Å²) in [6.07, 6.45) is 3.04. The highest BCUT2D eigenvalue weighted by Gasteiger charge is 2.27. The lowest BCUT2D eigenvalue weighted by Gasteiger charge is -2.23. The number of hydrogen-bond acceptors (Lipinski definition) is 7. The molecule has 10 nitrogen and oxygen atoms in total. The first-order valence-electron chi connectivity index (χ1n) is 10.9. The van der Waals surface area contributed by atoms with Crippen LogP contribution in [0.3, 0.4) is 0 Å². The Bertz CT molecular complexity index is 1410. The van der Waals surface area contributed by atoms with Crippen LogP contribution in [-0.4, -0.2) is 34.7 Å². The Morgan fingerprint density at radius 1 is 1.09 bits per heavy atom. The predicted octanol–water partition coefficient (Wildman–Crippen LogP) is 4.56. The zero-order valence-corrected chi connectivity index (χ0v) is 20.0. The third-order valence-corrected chi connectivity index (χ3v) is 7.43.